The van der Waals surface area contributed by atoms with Gasteiger partial charge in [-0.15, -0.1) is 0 Å². The van der Waals surface area contributed by atoms with Gasteiger partial charge in [-0.3, -0.25) is 0 Å². The summed E-state index contributed by atoms with van der Waals surface area (Å²) in [6.07, 6.45) is -2.28. The third kappa shape index (κ3) is 3.38. The molecule has 0 aliphatic heterocycles. The molecule has 0 aliphatic rings. The van der Waals surface area contributed by atoms with Gasteiger partial charge in [-0.1, -0.05) is 17.7 Å². The van der Waals surface area contributed by atoms with Gasteiger partial charge in [-0.05, 0) is 17.7 Å². The molecule has 0 heterocycles. The standard InChI is InChI=1S/C9H9ClFNO3/c10-6-3-5(1-2-7(6)11)8(13)4-12-9(14)15/h1-3,8,12-13H,4H2,(H,14,15). The summed E-state index contributed by atoms with van der Waals surface area (Å²) in [5.74, 6) is -0.584. The highest BCUT2D eigenvalue weighted by Crippen LogP contribution is 2.20. The van der Waals surface area contributed by atoms with Crippen molar-refractivity contribution in [2.24, 2.45) is 0 Å². The summed E-state index contributed by atoms with van der Waals surface area (Å²) >= 11 is 5.50. The summed E-state index contributed by atoms with van der Waals surface area (Å²) in [7, 11) is 0. The largest absolute Gasteiger partial charge is 0.465 e. The Bertz CT molecular complexity index is 372. The Morgan fingerprint density at radius 1 is 1.60 bits per heavy atom. The lowest BCUT2D eigenvalue weighted by Crippen LogP contribution is -2.26. The quantitative estimate of drug-likeness (QED) is 0.745. The first-order valence-electron chi connectivity index (χ1n) is 4.10. The summed E-state index contributed by atoms with van der Waals surface area (Å²) in [6, 6.07) is 3.71. The number of halogens is 2. The summed E-state index contributed by atoms with van der Waals surface area (Å²) < 4.78 is 12.8. The number of hydrogen-bond donors (Lipinski definition) is 3. The Balaban J connectivity index is 2.69. The first-order chi connectivity index (χ1) is 7.00. The Morgan fingerprint density at radius 2 is 2.27 bits per heavy atom. The van der Waals surface area contributed by atoms with Gasteiger partial charge in [0, 0.05) is 0 Å². The molecule has 0 bridgehead atoms. The molecule has 0 spiro atoms. The van der Waals surface area contributed by atoms with Crippen LogP contribution in [0.1, 0.15) is 11.7 Å². The van der Waals surface area contributed by atoms with Crippen molar-refractivity contribution >= 4 is 17.7 Å². The number of nitrogens with one attached hydrogen (secondary N) is 1. The number of amides is 1. The zero-order valence-corrected chi connectivity index (χ0v) is 8.33. The Morgan fingerprint density at radius 3 is 2.80 bits per heavy atom. The van der Waals surface area contributed by atoms with Crippen LogP contribution in [0.3, 0.4) is 0 Å². The normalized spacial score (nSPS) is 12.2. The molecule has 0 saturated carbocycles. The van der Waals surface area contributed by atoms with Crippen LogP contribution in [0.5, 0.6) is 0 Å². The van der Waals surface area contributed by atoms with E-state index in [0.717, 1.165) is 6.07 Å². The average Bonchev–Trinajstić information content (AvgIpc) is 2.18. The number of aliphatic hydroxyl groups is 1. The molecule has 1 aromatic rings. The molecule has 0 fully saturated rings. The fourth-order valence-electron chi connectivity index (χ4n) is 1.02. The van der Waals surface area contributed by atoms with Gasteiger partial charge in [0.15, 0.2) is 0 Å². The number of carbonyl (C=O) groups is 1. The maximum atomic E-state index is 12.8. The van der Waals surface area contributed by atoms with Crippen molar-refractivity contribution in [2.45, 2.75) is 6.10 Å². The molecule has 0 aliphatic carbocycles. The molecule has 15 heavy (non-hydrogen) atoms. The van der Waals surface area contributed by atoms with Crippen LogP contribution < -0.4 is 5.32 Å². The van der Waals surface area contributed by atoms with Gasteiger partial charge in [0.1, 0.15) is 5.82 Å². The van der Waals surface area contributed by atoms with Crippen LogP contribution in [0.25, 0.3) is 0 Å². The molecule has 6 heteroatoms. The first kappa shape index (κ1) is 11.7. The van der Waals surface area contributed by atoms with E-state index in [1.807, 2.05) is 5.32 Å². The second kappa shape index (κ2) is 4.95. The van der Waals surface area contributed by atoms with Crippen molar-refractivity contribution in [2.75, 3.05) is 6.54 Å². The second-order valence-corrected chi connectivity index (χ2v) is 3.28. The van der Waals surface area contributed by atoms with Crippen LogP contribution in [-0.4, -0.2) is 22.9 Å². The topological polar surface area (TPSA) is 69.6 Å². The smallest absolute Gasteiger partial charge is 0.404 e. The molecule has 1 amide bonds. The fourth-order valence-corrected chi connectivity index (χ4v) is 1.21. The lowest BCUT2D eigenvalue weighted by atomic mass is 10.1. The number of rotatable bonds is 3. The Hall–Kier alpha value is -1.33. The van der Waals surface area contributed by atoms with Crippen molar-refractivity contribution in [3.8, 4) is 0 Å². The lowest BCUT2D eigenvalue weighted by molar-refractivity contribution is 0.159. The van der Waals surface area contributed by atoms with Crippen molar-refractivity contribution in [1.29, 1.82) is 0 Å². The van der Waals surface area contributed by atoms with E-state index >= 15 is 0 Å². The van der Waals surface area contributed by atoms with Gasteiger partial charge in [-0.25, -0.2) is 9.18 Å². The molecule has 1 unspecified atom stereocenters. The molecule has 0 saturated heterocycles. The SMILES string of the molecule is O=C(O)NCC(O)c1ccc(F)c(Cl)c1. The number of benzene rings is 1. The summed E-state index contributed by atoms with van der Waals surface area (Å²) in [5.41, 5.74) is 0.357. The van der Waals surface area contributed by atoms with Crippen molar-refractivity contribution in [3.05, 3.63) is 34.6 Å². The van der Waals surface area contributed by atoms with Crippen molar-refractivity contribution < 1.29 is 19.4 Å². The predicted octanol–water partition coefficient (Wildman–Crippen LogP) is 1.78. The van der Waals surface area contributed by atoms with E-state index < -0.39 is 18.0 Å². The molecule has 3 N–H and O–H groups in total. The van der Waals surface area contributed by atoms with Gasteiger partial charge in [0.05, 0.1) is 17.7 Å². The van der Waals surface area contributed by atoms with Crippen molar-refractivity contribution in [1.82, 2.24) is 5.32 Å². The second-order valence-electron chi connectivity index (χ2n) is 2.88. The van der Waals surface area contributed by atoms with E-state index in [4.69, 9.17) is 16.7 Å². The monoisotopic (exact) mass is 233 g/mol. The van der Waals surface area contributed by atoms with Crippen LogP contribution in [-0.2, 0) is 0 Å². The van der Waals surface area contributed by atoms with E-state index in [2.05, 4.69) is 0 Å². The molecule has 82 valence electrons. The minimum Gasteiger partial charge on any atom is -0.465 e. The third-order valence-corrected chi connectivity index (χ3v) is 2.06. The predicted molar refractivity (Wildman–Crippen MR) is 52.4 cm³/mol. The maximum Gasteiger partial charge on any atom is 0.404 e. The number of aliphatic hydroxyl groups excluding tert-OH is 1. The summed E-state index contributed by atoms with van der Waals surface area (Å²) in [6.45, 7) is -0.169. The van der Waals surface area contributed by atoms with Gasteiger partial charge >= 0.3 is 6.09 Å². The van der Waals surface area contributed by atoms with Gasteiger partial charge < -0.3 is 15.5 Å². The van der Waals surface area contributed by atoms with Crippen LogP contribution in [0, 0.1) is 5.82 Å². The van der Waals surface area contributed by atoms with E-state index in [0.29, 0.717) is 5.56 Å². The van der Waals surface area contributed by atoms with E-state index in [1.165, 1.54) is 12.1 Å². The van der Waals surface area contributed by atoms with Gasteiger partial charge in [0.25, 0.3) is 0 Å². The fraction of sp³-hybridized carbons (Fsp3) is 0.222. The van der Waals surface area contributed by atoms with Crippen LogP contribution in [0.4, 0.5) is 9.18 Å². The van der Waals surface area contributed by atoms with Crippen LogP contribution in [0.2, 0.25) is 5.02 Å². The average molecular weight is 234 g/mol. The zero-order chi connectivity index (χ0) is 11.4. The van der Waals surface area contributed by atoms with Crippen molar-refractivity contribution in [3.63, 3.8) is 0 Å². The summed E-state index contributed by atoms with van der Waals surface area (Å²) in [5, 5.41) is 19.7. The minimum atomic E-state index is -1.23. The molecule has 1 atom stereocenters. The minimum absolute atomic E-state index is 0.109. The molecule has 1 rings (SSSR count). The number of carboxylic acid groups (broad SMARTS) is 1. The number of hydrogen-bond acceptors (Lipinski definition) is 2. The maximum absolute atomic E-state index is 12.8. The van der Waals surface area contributed by atoms with Crippen LogP contribution in [0.15, 0.2) is 18.2 Å². The van der Waals surface area contributed by atoms with Gasteiger partial charge in [-0.2, -0.15) is 0 Å². The molecule has 4 nitrogen and oxygen atoms in total. The third-order valence-electron chi connectivity index (χ3n) is 1.78. The molecule has 1 aromatic carbocycles. The molecule has 0 radical (unpaired) electrons. The van der Waals surface area contributed by atoms with E-state index in [9.17, 15) is 14.3 Å². The summed E-state index contributed by atoms with van der Waals surface area (Å²) in [4.78, 5) is 10.1. The Kier molecular flexibility index (Phi) is 3.88. The first-order valence-corrected chi connectivity index (χ1v) is 4.48. The highest BCUT2D eigenvalue weighted by atomic mass is 35.5. The zero-order valence-electron chi connectivity index (χ0n) is 7.58. The molecular formula is C9H9ClFNO3. The van der Waals surface area contributed by atoms with Crippen LogP contribution >= 0.6 is 11.6 Å². The molecular weight excluding hydrogens is 225 g/mol. The lowest BCUT2D eigenvalue weighted by Gasteiger charge is -2.10. The van der Waals surface area contributed by atoms with E-state index in [-0.39, 0.29) is 11.6 Å². The van der Waals surface area contributed by atoms with E-state index in [1.54, 1.807) is 0 Å². The Labute approximate surface area is 90.3 Å². The van der Waals surface area contributed by atoms with Gasteiger partial charge in [0.2, 0.25) is 0 Å². The molecule has 0 aromatic heterocycles. The highest BCUT2D eigenvalue weighted by Gasteiger charge is 2.10. The highest BCUT2D eigenvalue weighted by molar-refractivity contribution is 6.30.